The lowest BCUT2D eigenvalue weighted by Crippen LogP contribution is -2.42. The predicted molar refractivity (Wildman–Crippen MR) is 85.3 cm³/mol. The largest absolute Gasteiger partial charge is 0.493 e. The van der Waals surface area contributed by atoms with Gasteiger partial charge in [0.25, 0.3) is 0 Å². The second-order valence-corrected chi connectivity index (χ2v) is 6.24. The highest BCUT2D eigenvalue weighted by Crippen LogP contribution is 2.18. The van der Waals surface area contributed by atoms with Gasteiger partial charge in [-0.25, -0.2) is 0 Å². The third-order valence-corrected chi connectivity index (χ3v) is 4.34. The minimum Gasteiger partial charge on any atom is -0.493 e. The molecule has 1 aliphatic heterocycles. The number of carbonyl (C=O) groups is 1. The number of likely N-dealkylation sites (tertiary alicyclic amines) is 1. The molecular formula is C16H22BrNO3. The van der Waals surface area contributed by atoms with Crippen molar-refractivity contribution in [1.29, 1.82) is 0 Å². The maximum absolute atomic E-state index is 12.3. The minimum absolute atomic E-state index is 0.0207. The summed E-state index contributed by atoms with van der Waals surface area (Å²) in [6.45, 7) is 1.18. The van der Waals surface area contributed by atoms with Crippen LogP contribution in [0.2, 0.25) is 0 Å². The van der Waals surface area contributed by atoms with Crippen LogP contribution in [0.3, 0.4) is 0 Å². The van der Waals surface area contributed by atoms with E-state index in [2.05, 4.69) is 15.9 Å². The highest BCUT2D eigenvalue weighted by molar-refractivity contribution is 9.10. The number of rotatable bonds is 5. The van der Waals surface area contributed by atoms with Gasteiger partial charge in [0.15, 0.2) is 0 Å². The molecule has 1 aromatic carbocycles. The van der Waals surface area contributed by atoms with E-state index < -0.39 is 0 Å². The van der Waals surface area contributed by atoms with Crippen LogP contribution in [0.15, 0.2) is 28.7 Å². The highest BCUT2D eigenvalue weighted by Gasteiger charge is 2.24. The van der Waals surface area contributed by atoms with E-state index >= 15 is 0 Å². The Balaban J connectivity index is 1.81. The third kappa shape index (κ3) is 5.00. The average Bonchev–Trinajstić information content (AvgIpc) is 2.74. The summed E-state index contributed by atoms with van der Waals surface area (Å²) in [5.41, 5.74) is 0. The molecule has 1 heterocycles. The Labute approximate surface area is 134 Å². The van der Waals surface area contributed by atoms with Gasteiger partial charge in [0.2, 0.25) is 5.91 Å². The SMILES string of the molecule is O=C(CCOc1ccc(Br)cc1)N1CCCCCC1CO. The van der Waals surface area contributed by atoms with Gasteiger partial charge >= 0.3 is 0 Å². The van der Waals surface area contributed by atoms with Crippen molar-refractivity contribution >= 4 is 21.8 Å². The van der Waals surface area contributed by atoms with Crippen molar-refractivity contribution in [2.75, 3.05) is 19.8 Å². The molecule has 4 nitrogen and oxygen atoms in total. The number of aliphatic hydroxyl groups excluding tert-OH is 1. The smallest absolute Gasteiger partial charge is 0.226 e. The minimum atomic E-state index is -0.0207. The van der Waals surface area contributed by atoms with Crippen LogP contribution in [0.5, 0.6) is 5.75 Å². The first-order chi connectivity index (χ1) is 10.2. The van der Waals surface area contributed by atoms with Gasteiger partial charge in [-0.2, -0.15) is 0 Å². The van der Waals surface area contributed by atoms with Crippen molar-refractivity contribution in [3.63, 3.8) is 0 Å². The Bertz CT molecular complexity index is 449. The lowest BCUT2D eigenvalue weighted by Gasteiger charge is -2.28. The lowest BCUT2D eigenvalue weighted by molar-refractivity contribution is -0.134. The second-order valence-electron chi connectivity index (χ2n) is 5.33. The molecule has 21 heavy (non-hydrogen) atoms. The molecule has 0 bridgehead atoms. The van der Waals surface area contributed by atoms with E-state index in [0.717, 1.165) is 42.5 Å². The molecule has 0 aromatic heterocycles. The number of hydrogen-bond acceptors (Lipinski definition) is 3. The quantitative estimate of drug-likeness (QED) is 0.883. The summed E-state index contributed by atoms with van der Waals surface area (Å²) in [5, 5.41) is 9.44. The molecule has 5 heteroatoms. The average molecular weight is 356 g/mol. The number of carbonyl (C=O) groups excluding carboxylic acids is 1. The molecule has 1 fully saturated rings. The van der Waals surface area contributed by atoms with Gasteiger partial charge in [0, 0.05) is 11.0 Å². The van der Waals surface area contributed by atoms with E-state index in [4.69, 9.17) is 4.74 Å². The molecule has 1 amide bonds. The van der Waals surface area contributed by atoms with Crippen LogP contribution in [0.4, 0.5) is 0 Å². The molecule has 0 saturated carbocycles. The van der Waals surface area contributed by atoms with E-state index in [1.807, 2.05) is 29.2 Å². The molecule has 1 aromatic rings. The fourth-order valence-corrected chi connectivity index (χ4v) is 2.89. The Hall–Kier alpha value is -1.07. The van der Waals surface area contributed by atoms with Crippen molar-refractivity contribution in [3.05, 3.63) is 28.7 Å². The highest BCUT2D eigenvalue weighted by atomic mass is 79.9. The predicted octanol–water partition coefficient (Wildman–Crippen LogP) is 2.98. The Kier molecular flexibility index (Phi) is 6.51. The summed E-state index contributed by atoms with van der Waals surface area (Å²) in [5.74, 6) is 0.841. The van der Waals surface area contributed by atoms with Crippen LogP contribution in [-0.2, 0) is 4.79 Å². The van der Waals surface area contributed by atoms with Crippen molar-refractivity contribution in [3.8, 4) is 5.75 Å². The third-order valence-electron chi connectivity index (χ3n) is 3.81. The maximum Gasteiger partial charge on any atom is 0.226 e. The van der Waals surface area contributed by atoms with Gasteiger partial charge in [-0.15, -0.1) is 0 Å². The zero-order valence-electron chi connectivity index (χ0n) is 12.1. The zero-order chi connectivity index (χ0) is 15.1. The number of nitrogens with zero attached hydrogens (tertiary/aromatic N) is 1. The van der Waals surface area contributed by atoms with E-state index in [-0.39, 0.29) is 18.6 Å². The van der Waals surface area contributed by atoms with Crippen LogP contribution in [0.25, 0.3) is 0 Å². The molecule has 0 radical (unpaired) electrons. The lowest BCUT2D eigenvalue weighted by atomic mass is 10.1. The van der Waals surface area contributed by atoms with Gasteiger partial charge in [0.1, 0.15) is 5.75 Å². The first kappa shape index (κ1) is 16.3. The molecule has 1 aliphatic rings. The molecule has 0 spiro atoms. The summed E-state index contributed by atoms with van der Waals surface area (Å²) < 4.78 is 6.59. The summed E-state index contributed by atoms with van der Waals surface area (Å²) in [6.07, 6.45) is 4.50. The zero-order valence-corrected chi connectivity index (χ0v) is 13.7. The van der Waals surface area contributed by atoms with Crippen LogP contribution in [0, 0.1) is 0 Å². The fourth-order valence-electron chi connectivity index (χ4n) is 2.63. The van der Waals surface area contributed by atoms with Crippen LogP contribution < -0.4 is 4.74 Å². The number of ether oxygens (including phenoxy) is 1. The van der Waals surface area contributed by atoms with E-state index in [1.54, 1.807) is 0 Å². The summed E-state index contributed by atoms with van der Waals surface area (Å²) in [6, 6.07) is 7.54. The van der Waals surface area contributed by atoms with Crippen molar-refractivity contribution in [2.45, 2.75) is 38.1 Å². The molecule has 2 rings (SSSR count). The maximum atomic E-state index is 12.3. The van der Waals surface area contributed by atoms with E-state index in [0.29, 0.717) is 13.0 Å². The Morgan fingerprint density at radius 2 is 2.05 bits per heavy atom. The fraction of sp³-hybridized carbons (Fsp3) is 0.562. The topological polar surface area (TPSA) is 49.8 Å². The van der Waals surface area contributed by atoms with Crippen LogP contribution in [0.1, 0.15) is 32.1 Å². The van der Waals surface area contributed by atoms with Crippen molar-refractivity contribution in [2.24, 2.45) is 0 Å². The van der Waals surface area contributed by atoms with Gasteiger partial charge in [-0.05, 0) is 37.1 Å². The van der Waals surface area contributed by atoms with Gasteiger partial charge in [0.05, 0.1) is 25.7 Å². The molecular weight excluding hydrogens is 334 g/mol. The van der Waals surface area contributed by atoms with Gasteiger partial charge in [-0.1, -0.05) is 28.8 Å². The molecule has 116 valence electrons. The van der Waals surface area contributed by atoms with E-state index in [1.165, 1.54) is 0 Å². The standard InChI is InChI=1S/C16H22BrNO3/c17-13-5-7-15(8-6-13)21-11-9-16(20)18-10-3-1-2-4-14(18)12-19/h5-8,14,19H,1-4,9-12H2. The molecule has 1 saturated heterocycles. The van der Waals surface area contributed by atoms with E-state index in [9.17, 15) is 9.90 Å². The van der Waals surface area contributed by atoms with Crippen molar-refractivity contribution in [1.82, 2.24) is 4.90 Å². The van der Waals surface area contributed by atoms with Crippen LogP contribution in [-0.4, -0.2) is 41.7 Å². The first-order valence-electron chi connectivity index (χ1n) is 7.49. The summed E-state index contributed by atoms with van der Waals surface area (Å²) >= 11 is 3.37. The van der Waals surface area contributed by atoms with Crippen molar-refractivity contribution < 1.29 is 14.6 Å². The number of halogens is 1. The molecule has 1 N–H and O–H groups in total. The molecule has 1 unspecified atom stereocenters. The summed E-state index contributed by atoms with van der Waals surface area (Å²) in [7, 11) is 0. The monoisotopic (exact) mass is 355 g/mol. The first-order valence-corrected chi connectivity index (χ1v) is 8.28. The number of hydrogen-bond donors (Lipinski definition) is 1. The summed E-state index contributed by atoms with van der Waals surface area (Å²) in [4.78, 5) is 14.1. The van der Waals surface area contributed by atoms with Gasteiger partial charge in [-0.3, -0.25) is 4.79 Å². The molecule has 1 atom stereocenters. The molecule has 0 aliphatic carbocycles. The Morgan fingerprint density at radius 3 is 2.76 bits per heavy atom. The normalized spacial score (nSPS) is 19.1. The number of amides is 1. The Morgan fingerprint density at radius 1 is 1.29 bits per heavy atom. The van der Waals surface area contributed by atoms with Gasteiger partial charge < -0.3 is 14.7 Å². The number of benzene rings is 1. The number of aliphatic hydroxyl groups is 1. The second kappa shape index (κ2) is 8.39. The van der Waals surface area contributed by atoms with Crippen LogP contribution >= 0.6 is 15.9 Å².